The van der Waals surface area contributed by atoms with Gasteiger partial charge in [0, 0.05) is 41.2 Å². The normalized spacial score (nSPS) is 20.5. The number of hydrogen-bond donors (Lipinski definition) is 2. The number of aromatic amines is 1. The summed E-state index contributed by atoms with van der Waals surface area (Å²) in [5.74, 6) is -0.164. The maximum atomic E-state index is 14.1. The molecule has 1 saturated carbocycles. The summed E-state index contributed by atoms with van der Waals surface area (Å²) < 4.78 is 14.1. The maximum Gasteiger partial charge on any atom is 0.163 e. The van der Waals surface area contributed by atoms with E-state index in [-0.39, 0.29) is 23.9 Å². The molecule has 0 radical (unpaired) electrons. The van der Waals surface area contributed by atoms with E-state index in [0.29, 0.717) is 30.4 Å². The molecule has 0 spiro atoms. The van der Waals surface area contributed by atoms with Gasteiger partial charge in [0.15, 0.2) is 5.78 Å². The number of fused-ring (bicyclic) bond motifs is 1. The second kappa shape index (κ2) is 9.11. The van der Waals surface area contributed by atoms with Crippen molar-refractivity contribution in [2.75, 3.05) is 0 Å². The molecule has 2 aromatic heterocycles. The number of halogens is 1. The number of aliphatic hydroxyl groups is 1. The average molecular weight is 458 g/mol. The first kappa shape index (κ1) is 22.4. The van der Waals surface area contributed by atoms with Crippen LogP contribution in [0.15, 0.2) is 60.8 Å². The Balaban J connectivity index is 1.33. The van der Waals surface area contributed by atoms with E-state index in [1.807, 2.05) is 37.3 Å². The van der Waals surface area contributed by atoms with Gasteiger partial charge in [-0.1, -0.05) is 24.6 Å². The van der Waals surface area contributed by atoms with Gasteiger partial charge in [-0.2, -0.15) is 5.10 Å². The fourth-order valence-electron chi connectivity index (χ4n) is 5.27. The van der Waals surface area contributed by atoms with Gasteiger partial charge in [0.1, 0.15) is 11.5 Å². The van der Waals surface area contributed by atoms with Gasteiger partial charge in [-0.15, -0.1) is 0 Å². The average Bonchev–Trinajstić information content (AvgIpc) is 3.24. The van der Waals surface area contributed by atoms with Crippen molar-refractivity contribution in [3.8, 4) is 11.3 Å². The van der Waals surface area contributed by atoms with Crippen molar-refractivity contribution in [3.63, 3.8) is 0 Å². The summed E-state index contributed by atoms with van der Waals surface area (Å²) in [5, 5.41) is 19.6. The van der Waals surface area contributed by atoms with Gasteiger partial charge >= 0.3 is 0 Å². The Morgan fingerprint density at radius 3 is 2.88 bits per heavy atom. The molecule has 1 aliphatic carbocycles. The summed E-state index contributed by atoms with van der Waals surface area (Å²) in [6.07, 6.45) is 5.25. The molecule has 34 heavy (non-hydrogen) atoms. The number of ketones is 1. The summed E-state index contributed by atoms with van der Waals surface area (Å²) in [4.78, 5) is 17.5. The number of aryl methyl sites for hydroxylation is 1. The predicted octanol–water partition coefficient (Wildman–Crippen LogP) is 5.81. The van der Waals surface area contributed by atoms with E-state index in [1.165, 1.54) is 6.07 Å². The highest BCUT2D eigenvalue weighted by Crippen LogP contribution is 2.38. The van der Waals surface area contributed by atoms with E-state index in [4.69, 9.17) is 0 Å². The summed E-state index contributed by atoms with van der Waals surface area (Å²) in [7, 11) is 0. The first-order valence-electron chi connectivity index (χ1n) is 11.8. The number of carbonyl (C=O) groups excluding carboxylic acids is 1. The summed E-state index contributed by atoms with van der Waals surface area (Å²) in [6.45, 7) is 1.94. The highest BCUT2D eigenvalue weighted by molar-refractivity contribution is 6.02. The lowest BCUT2D eigenvalue weighted by atomic mass is 9.73. The highest BCUT2D eigenvalue weighted by atomic mass is 19.1. The van der Waals surface area contributed by atoms with Gasteiger partial charge in [-0.05, 0) is 74.1 Å². The number of hydrogen-bond acceptors (Lipinski definition) is 4. The fourth-order valence-corrected chi connectivity index (χ4v) is 5.27. The van der Waals surface area contributed by atoms with Crippen molar-refractivity contribution in [3.05, 3.63) is 83.4 Å². The third-order valence-electron chi connectivity index (χ3n) is 6.93. The number of nitrogens with one attached hydrogen (secondary N) is 1. The number of benzene rings is 2. The molecule has 0 aliphatic heterocycles. The zero-order valence-electron chi connectivity index (χ0n) is 19.2. The number of carbonyl (C=O) groups is 1. The molecule has 1 fully saturated rings. The minimum absolute atomic E-state index is 0.0556. The number of Topliss-reactive ketones (excluding diaryl/α,β-unsaturated/α-hetero) is 1. The number of aromatic nitrogens is 3. The van der Waals surface area contributed by atoms with Crippen molar-refractivity contribution in [2.24, 2.45) is 5.92 Å². The monoisotopic (exact) mass is 457 g/mol. The Labute approximate surface area is 198 Å². The van der Waals surface area contributed by atoms with Crippen LogP contribution >= 0.6 is 0 Å². The van der Waals surface area contributed by atoms with Gasteiger partial charge in [0.05, 0.1) is 11.1 Å². The van der Waals surface area contributed by atoms with Crippen molar-refractivity contribution in [1.82, 2.24) is 15.2 Å². The van der Waals surface area contributed by atoms with Gasteiger partial charge in [-0.25, -0.2) is 4.39 Å². The molecular formula is C28H28FN3O2. The molecule has 2 heterocycles. The first-order valence-corrected chi connectivity index (χ1v) is 11.8. The lowest BCUT2D eigenvalue weighted by Gasteiger charge is -2.37. The molecule has 2 atom stereocenters. The topological polar surface area (TPSA) is 78.9 Å². The van der Waals surface area contributed by atoms with E-state index in [9.17, 15) is 14.3 Å². The van der Waals surface area contributed by atoms with Crippen LogP contribution in [0.3, 0.4) is 0 Å². The van der Waals surface area contributed by atoms with E-state index < -0.39 is 5.60 Å². The maximum absolute atomic E-state index is 14.1. The van der Waals surface area contributed by atoms with Crippen molar-refractivity contribution in [1.29, 1.82) is 0 Å². The van der Waals surface area contributed by atoms with Crippen molar-refractivity contribution in [2.45, 2.75) is 51.0 Å². The molecule has 0 bridgehead atoms. The van der Waals surface area contributed by atoms with Crippen LogP contribution in [-0.2, 0) is 6.42 Å². The van der Waals surface area contributed by atoms with Crippen LogP contribution in [0.5, 0.6) is 0 Å². The minimum Gasteiger partial charge on any atom is -0.390 e. The molecule has 2 N–H and O–H groups in total. The Kier molecular flexibility index (Phi) is 6.00. The zero-order valence-corrected chi connectivity index (χ0v) is 19.2. The van der Waals surface area contributed by atoms with Gasteiger partial charge < -0.3 is 5.11 Å². The van der Waals surface area contributed by atoms with Crippen molar-refractivity contribution < 1.29 is 14.3 Å². The van der Waals surface area contributed by atoms with Gasteiger partial charge in [0.25, 0.3) is 0 Å². The molecule has 6 heteroatoms. The number of nitrogens with zero attached hydrogens (tertiary/aromatic N) is 2. The number of pyridine rings is 1. The Morgan fingerprint density at radius 2 is 2.06 bits per heavy atom. The SMILES string of the molecule is Cc1cc(-c2n[nH]c3ccc(C(=O)CC4CCCC(O)(Cc5ccccc5F)C4)cc23)ccn1. The largest absolute Gasteiger partial charge is 0.390 e. The van der Waals surface area contributed by atoms with E-state index in [0.717, 1.165) is 40.7 Å². The molecule has 2 aromatic carbocycles. The van der Waals surface area contributed by atoms with Crippen LogP contribution in [0.2, 0.25) is 0 Å². The van der Waals surface area contributed by atoms with Gasteiger partial charge in [0.2, 0.25) is 0 Å². The summed E-state index contributed by atoms with van der Waals surface area (Å²) in [5.41, 5.74) is 3.72. The first-order chi connectivity index (χ1) is 16.4. The lowest BCUT2D eigenvalue weighted by molar-refractivity contribution is -0.0164. The molecule has 5 rings (SSSR count). The Hall–Kier alpha value is -3.38. The second-order valence-corrected chi connectivity index (χ2v) is 9.60. The van der Waals surface area contributed by atoms with Crippen LogP contribution in [-0.4, -0.2) is 31.7 Å². The molecule has 5 nitrogen and oxygen atoms in total. The molecule has 1 aliphatic rings. The number of rotatable bonds is 6. The van der Waals surface area contributed by atoms with Crippen LogP contribution < -0.4 is 0 Å². The van der Waals surface area contributed by atoms with Crippen LogP contribution in [0.4, 0.5) is 4.39 Å². The Bertz CT molecular complexity index is 1350. The highest BCUT2D eigenvalue weighted by Gasteiger charge is 2.36. The second-order valence-electron chi connectivity index (χ2n) is 9.60. The summed E-state index contributed by atoms with van der Waals surface area (Å²) >= 11 is 0. The molecule has 0 saturated heterocycles. The smallest absolute Gasteiger partial charge is 0.163 e. The van der Waals surface area contributed by atoms with Crippen LogP contribution in [0.25, 0.3) is 22.2 Å². The van der Waals surface area contributed by atoms with Gasteiger partial charge in [-0.3, -0.25) is 14.9 Å². The molecular weight excluding hydrogens is 429 g/mol. The third kappa shape index (κ3) is 4.64. The number of H-pyrrole nitrogens is 1. The lowest BCUT2D eigenvalue weighted by Crippen LogP contribution is -2.38. The standard InChI is InChI=1S/C28H28FN3O2/c1-18-13-21(10-12-30-18)27-23-15-20(8-9-25(23)31-32-27)26(33)14-19-5-4-11-28(34,16-19)17-22-6-2-3-7-24(22)29/h2-3,6-10,12-13,15,19,34H,4-5,11,14,16-17H2,1H3,(H,31,32). The van der Waals surface area contributed by atoms with Crippen LogP contribution in [0, 0.1) is 18.7 Å². The van der Waals surface area contributed by atoms with E-state index in [1.54, 1.807) is 24.4 Å². The van der Waals surface area contributed by atoms with E-state index in [2.05, 4.69) is 15.2 Å². The quantitative estimate of drug-likeness (QED) is 0.358. The Morgan fingerprint density at radius 1 is 1.21 bits per heavy atom. The molecule has 2 unspecified atom stereocenters. The molecule has 174 valence electrons. The van der Waals surface area contributed by atoms with Crippen molar-refractivity contribution >= 4 is 16.7 Å². The molecule has 4 aromatic rings. The fraction of sp³-hybridized carbons (Fsp3) is 0.321. The van der Waals surface area contributed by atoms with E-state index >= 15 is 0 Å². The summed E-state index contributed by atoms with van der Waals surface area (Å²) in [6, 6.07) is 16.1. The zero-order chi connectivity index (χ0) is 23.7. The predicted molar refractivity (Wildman–Crippen MR) is 130 cm³/mol. The molecule has 0 amide bonds. The van der Waals surface area contributed by atoms with Crippen LogP contribution in [0.1, 0.15) is 53.7 Å². The minimum atomic E-state index is -0.980. The third-order valence-corrected chi connectivity index (χ3v) is 6.93.